The standard InChI is InChI=1S/C20H32O3/c1-6-7-8-9-10-11-23-18(21)14-16-13-17(20(3,4)5)12-15(2)19(16)22/h12-13,22H,6-11,14H2,1-5H3. The monoisotopic (exact) mass is 320 g/mol. The van der Waals surface area contributed by atoms with Crippen LogP contribution in [-0.2, 0) is 21.4 Å². The first-order chi connectivity index (χ1) is 10.8. The van der Waals surface area contributed by atoms with Crippen LogP contribution in [0.3, 0.4) is 0 Å². The first-order valence-corrected chi connectivity index (χ1v) is 8.74. The number of ether oxygens (including phenoxy) is 1. The van der Waals surface area contributed by atoms with Gasteiger partial charge in [-0.3, -0.25) is 4.79 Å². The Kier molecular flexibility index (Phi) is 7.60. The van der Waals surface area contributed by atoms with Crippen LogP contribution < -0.4 is 0 Å². The predicted molar refractivity (Wildman–Crippen MR) is 95.0 cm³/mol. The fourth-order valence-electron chi connectivity index (χ4n) is 2.52. The van der Waals surface area contributed by atoms with Gasteiger partial charge in [0.25, 0.3) is 0 Å². The lowest BCUT2D eigenvalue weighted by Crippen LogP contribution is -2.14. The lowest BCUT2D eigenvalue weighted by molar-refractivity contribution is -0.143. The van der Waals surface area contributed by atoms with Gasteiger partial charge in [0.1, 0.15) is 5.75 Å². The van der Waals surface area contributed by atoms with Crippen LogP contribution in [0.5, 0.6) is 5.75 Å². The normalized spacial score (nSPS) is 11.5. The third-order valence-corrected chi connectivity index (χ3v) is 4.09. The third kappa shape index (κ3) is 6.64. The van der Waals surface area contributed by atoms with Crippen LogP contribution in [0.1, 0.15) is 76.5 Å². The molecule has 0 saturated carbocycles. The van der Waals surface area contributed by atoms with E-state index in [1.165, 1.54) is 19.3 Å². The van der Waals surface area contributed by atoms with E-state index >= 15 is 0 Å². The van der Waals surface area contributed by atoms with Gasteiger partial charge < -0.3 is 9.84 Å². The molecular weight excluding hydrogens is 288 g/mol. The van der Waals surface area contributed by atoms with Crippen LogP contribution in [0.25, 0.3) is 0 Å². The van der Waals surface area contributed by atoms with Crippen LogP contribution in [0, 0.1) is 6.92 Å². The number of esters is 1. The van der Waals surface area contributed by atoms with Gasteiger partial charge in [0.05, 0.1) is 13.0 Å². The van der Waals surface area contributed by atoms with Crippen molar-refractivity contribution < 1.29 is 14.6 Å². The number of aryl methyl sites for hydroxylation is 1. The first kappa shape index (κ1) is 19.5. The quantitative estimate of drug-likeness (QED) is 0.538. The molecule has 1 aromatic carbocycles. The van der Waals surface area contributed by atoms with Crippen molar-refractivity contribution in [1.82, 2.24) is 0 Å². The number of benzene rings is 1. The largest absolute Gasteiger partial charge is 0.507 e. The lowest BCUT2D eigenvalue weighted by Gasteiger charge is -2.21. The number of carbonyl (C=O) groups is 1. The molecule has 0 unspecified atom stereocenters. The SMILES string of the molecule is CCCCCCCOC(=O)Cc1cc(C(C)(C)C)cc(C)c1O. The van der Waals surface area contributed by atoms with E-state index in [2.05, 4.69) is 27.7 Å². The van der Waals surface area contributed by atoms with Gasteiger partial charge in [0, 0.05) is 5.56 Å². The molecule has 3 nitrogen and oxygen atoms in total. The molecule has 1 N–H and O–H groups in total. The summed E-state index contributed by atoms with van der Waals surface area (Å²) < 4.78 is 5.30. The summed E-state index contributed by atoms with van der Waals surface area (Å²) in [4.78, 5) is 12.0. The Hall–Kier alpha value is -1.51. The Morgan fingerprint density at radius 3 is 2.39 bits per heavy atom. The second-order valence-corrected chi connectivity index (χ2v) is 7.36. The number of unbranched alkanes of at least 4 members (excludes halogenated alkanes) is 4. The van der Waals surface area contributed by atoms with E-state index in [0.29, 0.717) is 12.2 Å². The fraction of sp³-hybridized carbons (Fsp3) is 0.650. The van der Waals surface area contributed by atoms with E-state index in [1.54, 1.807) is 0 Å². The first-order valence-electron chi connectivity index (χ1n) is 8.74. The highest BCUT2D eigenvalue weighted by Gasteiger charge is 2.19. The number of phenols is 1. The van der Waals surface area contributed by atoms with Gasteiger partial charge in [-0.1, -0.05) is 65.5 Å². The summed E-state index contributed by atoms with van der Waals surface area (Å²) in [5, 5.41) is 10.2. The molecule has 0 heterocycles. The summed E-state index contributed by atoms with van der Waals surface area (Å²) in [6, 6.07) is 3.91. The number of hydrogen-bond acceptors (Lipinski definition) is 3. The van der Waals surface area contributed by atoms with E-state index in [4.69, 9.17) is 4.74 Å². The van der Waals surface area contributed by atoms with Crippen molar-refractivity contribution in [1.29, 1.82) is 0 Å². The Morgan fingerprint density at radius 1 is 1.13 bits per heavy atom. The molecule has 1 rings (SSSR count). The van der Waals surface area contributed by atoms with Gasteiger partial charge in [-0.2, -0.15) is 0 Å². The molecule has 0 aliphatic heterocycles. The number of rotatable bonds is 8. The zero-order chi connectivity index (χ0) is 17.5. The van der Waals surface area contributed by atoms with Crippen molar-refractivity contribution in [3.8, 4) is 5.75 Å². The topological polar surface area (TPSA) is 46.5 Å². The molecule has 1 aromatic rings. The molecule has 0 saturated heterocycles. The zero-order valence-corrected chi connectivity index (χ0v) is 15.4. The molecule has 0 amide bonds. The summed E-state index contributed by atoms with van der Waals surface area (Å²) >= 11 is 0. The van der Waals surface area contributed by atoms with Crippen molar-refractivity contribution in [3.63, 3.8) is 0 Å². The highest BCUT2D eigenvalue weighted by Crippen LogP contribution is 2.31. The van der Waals surface area contributed by atoms with Crippen LogP contribution in [0.15, 0.2) is 12.1 Å². The number of aromatic hydroxyl groups is 1. The third-order valence-electron chi connectivity index (χ3n) is 4.09. The van der Waals surface area contributed by atoms with Gasteiger partial charge in [-0.05, 0) is 29.9 Å². The fourth-order valence-corrected chi connectivity index (χ4v) is 2.52. The van der Waals surface area contributed by atoms with Crippen LogP contribution in [0.4, 0.5) is 0 Å². The summed E-state index contributed by atoms with van der Waals surface area (Å²) in [6.45, 7) is 10.9. The molecule has 0 radical (unpaired) electrons. The molecule has 0 bridgehead atoms. The smallest absolute Gasteiger partial charge is 0.310 e. The second-order valence-electron chi connectivity index (χ2n) is 7.36. The highest BCUT2D eigenvalue weighted by atomic mass is 16.5. The Labute approximate surface area is 141 Å². The predicted octanol–water partition coefficient (Wildman–Crippen LogP) is 5.05. The molecular formula is C20H32O3. The second kappa shape index (κ2) is 8.95. The van der Waals surface area contributed by atoms with Crippen molar-refractivity contribution in [2.45, 2.75) is 78.6 Å². The van der Waals surface area contributed by atoms with Gasteiger partial charge in [0.2, 0.25) is 0 Å². The lowest BCUT2D eigenvalue weighted by atomic mass is 9.84. The van der Waals surface area contributed by atoms with E-state index in [-0.39, 0.29) is 23.6 Å². The molecule has 0 fully saturated rings. The zero-order valence-electron chi connectivity index (χ0n) is 15.4. The molecule has 130 valence electrons. The van der Waals surface area contributed by atoms with E-state index in [1.807, 2.05) is 19.1 Å². The van der Waals surface area contributed by atoms with Crippen LogP contribution in [0.2, 0.25) is 0 Å². The maximum atomic E-state index is 12.0. The van der Waals surface area contributed by atoms with E-state index < -0.39 is 0 Å². The van der Waals surface area contributed by atoms with Crippen molar-refractivity contribution in [2.24, 2.45) is 0 Å². The summed E-state index contributed by atoms with van der Waals surface area (Å²) in [5.74, 6) is -0.0563. The Balaban J connectivity index is 2.59. The summed E-state index contributed by atoms with van der Waals surface area (Å²) in [6.07, 6.45) is 5.79. The van der Waals surface area contributed by atoms with E-state index in [9.17, 15) is 9.90 Å². The number of hydrogen-bond donors (Lipinski definition) is 1. The molecule has 0 spiro atoms. The van der Waals surface area contributed by atoms with Gasteiger partial charge in [-0.25, -0.2) is 0 Å². The minimum atomic E-state index is -0.263. The van der Waals surface area contributed by atoms with Gasteiger partial charge >= 0.3 is 5.97 Å². The average Bonchev–Trinajstić information content (AvgIpc) is 2.46. The minimum absolute atomic E-state index is 0.0175. The maximum absolute atomic E-state index is 12.0. The van der Waals surface area contributed by atoms with Gasteiger partial charge in [0.15, 0.2) is 0 Å². The highest BCUT2D eigenvalue weighted by molar-refractivity contribution is 5.74. The Morgan fingerprint density at radius 2 is 1.78 bits per heavy atom. The van der Waals surface area contributed by atoms with Crippen LogP contribution >= 0.6 is 0 Å². The van der Waals surface area contributed by atoms with Crippen molar-refractivity contribution in [2.75, 3.05) is 6.61 Å². The summed E-state index contributed by atoms with van der Waals surface area (Å²) in [5.41, 5.74) is 2.57. The molecule has 0 aliphatic rings. The van der Waals surface area contributed by atoms with Crippen LogP contribution in [-0.4, -0.2) is 17.7 Å². The molecule has 0 atom stereocenters. The molecule has 0 aromatic heterocycles. The molecule has 23 heavy (non-hydrogen) atoms. The minimum Gasteiger partial charge on any atom is -0.507 e. The van der Waals surface area contributed by atoms with Crippen molar-refractivity contribution in [3.05, 3.63) is 28.8 Å². The average molecular weight is 320 g/mol. The van der Waals surface area contributed by atoms with Gasteiger partial charge in [-0.15, -0.1) is 0 Å². The van der Waals surface area contributed by atoms with Crippen molar-refractivity contribution >= 4 is 5.97 Å². The molecule has 3 heteroatoms. The number of phenolic OH excluding ortho intramolecular Hbond substituents is 1. The van der Waals surface area contributed by atoms with E-state index in [0.717, 1.165) is 24.0 Å². The molecule has 0 aliphatic carbocycles. The summed E-state index contributed by atoms with van der Waals surface area (Å²) in [7, 11) is 0. The Bertz CT molecular complexity index is 512. The number of carbonyl (C=O) groups excluding carboxylic acids is 1. The maximum Gasteiger partial charge on any atom is 0.310 e.